The molecule has 1 aliphatic rings. The first-order valence-electron chi connectivity index (χ1n) is 7.75. The maximum absolute atomic E-state index is 10.3. The van der Waals surface area contributed by atoms with E-state index < -0.39 is 6.10 Å². The number of hydrogen-bond acceptors (Lipinski definition) is 3. The van der Waals surface area contributed by atoms with Crippen LogP contribution in [0.2, 0.25) is 0 Å². The summed E-state index contributed by atoms with van der Waals surface area (Å²) in [5, 5.41) is 10.3. The van der Waals surface area contributed by atoms with Crippen molar-refractivity contribution in [1.29, 1.82) is 0 Å². The van der Waals surface area contributed by atoms with Gasteiger partial charge < -0.3 is 14.7 Å². The van der Waals surface area contributed by atoms with Gasteiger partial charge in [0.2, 0.25) is 0 Å². The zero-order valence-electron chi connectivity index (χ0n) is 12.9. The highest BCUT2D eigenvalue weighted by atomic mass is 16.5. The van der Waals surface area contributed by atoms with E-state index in [1.54, 1.807) is 0 Å². The predicted octanol–water partition coefficient (Wildman–Crippen LogP) is 3.24. The molecular formula is C17H27NO2. The Labute approximate surface area is 122 Å². The fourth-order valence-corrected chi connectivity index (χ4v) is 2.39. The lowest BCUT2D eigenvalue weighted by Crippen LogP contribution is -2.30. The average molecular weight is 277 g/mol. The summed E-state index contributed by atoms with van der Waals surface area (Å²) in [6.45, 7) is 9.04. The fourth-order valence-electron chi connectivity index (χ4n) is 2.39. The van der Waals surface area contributed by atoms with Crippen molar-refractivity contribution in [3.8, 4) is 5.75 Å². The monoisotopic (exact) mass is 277 g/mol. The summed E-state index contributed by atoms with van der Waals surface area (Å²) in [6.07, 6.45) is 2.48. The molecule has 0 bridgehead atoms. The molecule has 3 heteroatoms. The number of hydrogen-bond donors (Lipinski definition) is 1. The number of rotatable bonds is 8. The van der Waals surface area contributed by atoms with Crippen LogP contribution in [-0.2, 0) is 0 Å². The molecule has 1 atom stereocenters. The minimum Gasteiger partial charge on any atom is -0.491 e. The van der Waals surface area contributed by atoms with Crippen molar-refractivity contribution >= 4 is 0 Å². The second kappa shape index (κ2) is 7.09. The van der Waals surface area contributed by atoms with Crippen molar-refractivity contribution in [2.24, 2.45) is 5.92 Å². The largest absolute Gasteiger partial charge is 0.491 e. The Morgan fingerprint density at radius 2 is 1.90 bits per heavy atom. The SMILES string of the molecule is CCN(CC1CC1)CC(O)c1ccc(OC(C)C)cc1. The molecule has 1 aliphatic carbocycles. The Bertz CT molecular complexity index is 398. The Balaban J connectivity index is 1.88. The van der Waals surface area contributed by atoms with Crippen molar-refractivity contribution in [2.45, 2.75) is 45.8 Å². The molecule has 1 aromatic rings. The molecule has 0 aromatic heterocycles. The van der Waals surface area contributed by atoms with E-state index in [0.717, 1.165) is 36.9 Å². The first kappa shape index (κ1) is 15.3. The summed E-state index contributed by atoms with van der Waals surface area (Å²) in [7, 11) is 0. The Kier molecular flexibility index (Phi) is 5.44. The number of aliphatic hydroxyl groups is 1. The molecule has 1 fully saturated rings. The second-order valence-electron chi connectivity index (χ2n) is 6.05. The van der Waals surface area contributed by atoms with Gasteiger partial charge in [-0.15, -0.1) is 0 Å². The van der Waals surface area contributed by atoms with E-state index in [4.69, 9.17) is 4.74 Å². The first-order valence-corrected chi connectivity index (χ1v) is 7.75. The summed E-state index contributed by atoms with van der Waals surface area (Å²) in [4.78, 5) is 2.35. The second-order valence-corrected chi connectivity index (χ2v) is 6.05. The zero-order valence-corrected chi connectivity index (χ0v) is 12.9. The van der Waals surface area contributed by atoms with Gasteiger partial charge in [0.25, 0.3) is 0 Å². The molecule has 3 nitrogen and oxygen atoms in total. The van der Waals surface area contributed by atoms with Crippen LogP contribution in [0.15, 0.2) is 24.3 Å². The highest BCUT2D eigenvalue weighted by Crippen LogP contribution is 2.30. The number of aliphatic hydroxyl groups excluding tert-OH is 1. The third-order valence-corrected chi connectivity index (χ3v) is 3.73. The Morgan fingerprint density at radius 1 is 1.25 bits per heavy atom. The van der Waals surface area contributed by atoms with Crippen molar-refractivity contribution in [1.82, 2.24) is 4.90 Å². The van der Waals surface area contributed by atoms with E-state index in [1.165, 1.54) is 12.8 Å². The quantitative estimate of drug-likeness (QED) is 0.792. The summed E-state index contributed by atoms with van der Waals surface area (Å²) in [5.74, 6) is 1.73. The van der Waals surface area contributed by atoms with Gasteiger partial charge in [-0.3, -0.25) is 0 Å². The lowest BCUT2D eigenvalue weighted by atomic mass is 10.1. The van der Waals surface area contributed by atoms with E-state index in [0.29, 0.717) is 0 Å². The van der Waals surface area contributed by atoms with Crippen molar-refractivity contribution in [3.63, 3.8) is 0 Å². The molecule has 1 aromatic carbocycles. The van der Waals surface area contributed by atoms with Crippen molar-refractivity contribution in [2.75, 3.05) is 19.6 Å². The minimum absolute atomic E-state index is 0.180. The molecule has 1 N–H and O–H groups in total. The van der Waals surface area contributed by atoms with Crippen LogP contribution >= 0.6 is 0 Å². The van der Waals surface area contributed by atoms with Gasteiger partial charge in [0, 0.05) is 13.1 Å². The summed E-state index contributed by atoms with van der Waals surface area (Å²) in [6, 6.07) is 7.81. The van der Waals surface area contributed by atoms with Crippen LogP contribution in [0.4, 0.5) is 0 Å². The highest BCUT2D eigenvalue weighted by Gasteiger charge is 2.24. The maximum atomic E-state index is 10.3. The standard InChI is InChI=1S/C17H27NO2/c1-4-18(11-14-5-6-14)12-17(19)15-7-9-16(10-8-15)20-13(2)3/h7-10,13-14,17,19H,4-6,11-12H2,1-3H3. The van der Waals surface area contributed by atoms with E-state index in [9.17, 15) is 5.11 Å². The van der Waals surface area contributed by atoms with Crippen LogP contribution in [0.5, 0.6) is 5.75 Å². The van der Waals surface area contributed by atoms with Gasteiger partial charge in [0.05, 0.1) is 12.2 Å². The van der Waals surface area contributed by atoms with Gasteiger partial charge in [-0.05, 0) is 56.8 Å². The predicted molar refractivity (Wildman–Crippen MR) is 82.0 cm³/mol. The summed E-state index contributed by atoms with van der Waals surface area (Å²) >= 11 is 0. The van der Waals surface area contributed by atoms with Crippen LogP contribution in [0.3, 0.4) is 0 Å². The van der Waals surface area contributed by atoms with E-state index in [2.05, 4.69) is 11.8 Å². The molecule has 2 rings (SSSR count). The third-order valence-electron chi connectivity index (χ3n) is 3.73. The lowest BCUT2D eigenvalue weighted by Gasteiger charge is -2.23. The molecular weight excluding hydrogens is 250 g/mol. The molecule has 0 saturated heterocycles. The molecule has 1 unspecified atom stereocenters. The molecule has 112 valence electrons. The van der Waals surface area contributed by atoms with Crippen molar-refractivity contribution < 1.29 is 9.84 Å². The van der Waals surface area contributed by atoms with Crippen LogP contribution < -0.4 is 4.74 Å². The highest BCUT2D eigenvalue weighted by molar-refractivity contribution is 5.28. The zero-order chi connectivity index (χ0) is 14.5. The van der Waals surface area contributed by atoms with Crippen LogP contribution in [0.25, 0.3) is 0 Å². The number of likely N-dealkylation sites (N-methyl/N-ethyl adjacent to an activating group) is 1. The van der Waals surface area contributed by atoms with Gasteiger partial charge in [-0.1, -0.05) is 19.1 Å². The molecule has 20 heavy (non-hydrogen) atoms. The maximum Gasteiger partial charge on any atom is 0.119 e. The molecule has 1 saturated carbocycles. The van der Waals surface area contributed by atoms with Gasteiger partial charge in [-0.25, -0.2) is 0 Å². The van der Waals surface area contributed by atoms with Gasteiger partial charge in [0.1, 0.15) is 5.75 Å². The molecule has 0 spiro atoms. The van der Waals surface area contributed by atoms with Crippen LogP contribution in [0, 0.1) is 5.92 Å². The fraction of sp³-hybridized carbons (Fsp3) is 0.647. The molecule has 0 heterocycles. The smallest absolute Gasteiger partial charge is 0.119 e. The van der Waals surface area contributed by atoms with E-state index in [-0.39, 0.29) is 6.10 Å². The normalized spacial score (nSPS) is 16.7. The number of benzene rings is 1. The van der Waals surface area contributed by atoms with Crippen LogP contribution in [-0.4, -0.2) is 35.7 Å². The number of ether oxygens (including phenoxy) is 1. The van der Waals surface area contributed by atoms with Gasteiger partial charge >= 0.3 is 0 Å². The first-order chi connectivity index (χ1) is 9.58. The topological polar surface area (TPSA) is 32.7 Å². The van der Waals surface area contributed by atoms with E-state index >= 15 is 0 Å². The van der Waals surface area contributed by atoms with Gasteiger partial charge in [0.15, 0.2) is 0 Å². The average Bonchev–Trinajstić information content (AvgIpc) is 3.22. The van der Waals surface area contributed by atoms with E-state index in [1.807, 2.05) is 38.1 Å². The summed E-state index contributed by atoms with van der Waals surface area (Å²) in [5.41, 5.74) is 0.968. The molecule has 0 radical (unpaired) electrons. The summed E-state index contributed by atoms with van der Waals surface area (Å²) < 4.78 is 5.62. The number of nitrogens with zero attached hydrogens (tertiary/aromatic N) is 1. The van der Waals surface area contributed by atoms with Gasteiger partial charge in [-0.2, -0.15) is 0 Å². The Morgan fingerprint density at radius 3 is 2.40 bits per heavy atom. The van der Waals surface area contributed by atoms with Crippen LogP contribution in [0.1, 0.15) is 45.3 Å². The lowest BCUT2D eigenvalue weighted by molar-refractivity contribution is 0.113. The molecule has 0 amide bonds. The molecule has 0 aliphatic heterocycles. The third kappa shape index (κ3) is 4.80. The minimum atomic E-state index is -0.415. The Hall–Kier alpha value is -1.06. The van der Waals surface area contributed by atoms with Crippen molar-refractivity contribution in [3.05, 3.63) is 29.8 Å².